The van der Waals surface area contributed by atoms with Crippen LogP contribution in [0.15, 0.2) is 0 Å². The molecule has 2 fully saturated rings. The van der Waals surface area contributed by atoms with Crippen LogP contribution in [-0.4, -0.2) is 6.04 Å². The Labute approximate surface area is 126 Å². The van der Waals surface area contributed by atoms with Gasteiger partial charge in [0, 0.05) is 6.04 Å². The van der Waals surface area contributed by atoms with Crippen molar-refractivity contribution in [2.24, 2.45) is 35.4 Å². The molecule has 0 radical (unpaired) electrons. The van der Waals surface area contributed by atoms with Crippen molar-refractivity contribution in [2.75, 3.05) is 0 Å². The van der Waals surface area contributed by atoms with Crippen molar-refractivity contribution in [1.82, 2.24) is 5.43 Å². The highest BCUT2D eigenvalue weighted by molar-refractivity contribution is 4.88. The third-order valence-electron chi connectivity index (χ3n) is 6.37. The van der Waals surface area contributed by atoms with Crippen LogP contribution < -0.4 is 11.3 Å². The van der Waals surface area contributed by atoms with E-state index in [2.05, 4.69) is 26.2 Å². The predicted octanol–water partition coefficient (Wildman–Crippen LogP) is 4.50. The highest BCUT2D eigenvalue weighted by atomic mass is 15.2. The fourth-order valence-electron chi connectivity index (χ4n) is 4.86. The average molecular weight is 280 g/mol. The van der Waals surface area contributed by atoms with Crippen molar-refractivity contribution in [3.8, 4) is 0 Å². The molecular formula is C18H36N2. The second kappa shape index (κ2) is 7.79. The van der Waals surface area contributed by atoms with Crippen LogP contribution in [0.3, 0.4) is 0 Å². The molecule has 2 aliphatic carbocycles. The van der Waals surface area contributed by atoms with Crippen LogP contribution in [0.25, 0.3) is 0 Å². The monoisotopic (exact) mass is 280 g/mol. The maximum Gasteiger partial charge on any atom is 0.0267 e. The zero-order valence-electron chi connectivity index (χ0n) is 13.9. The Morgan fingerprint density at radius 2 is 1.60 bits per heavy atom. The number of hydrazine groups is 1. The summed E-state index contributed by atoms with van der Waals surface area (Å²) in [6, 6.07) is 0.581. The first-order valence-electron chi connectivity index (χ1n) is 9.11. The average Bonchev–Trinajstić information content (AvgIpc) is 2.49. The van der Waals surface area contributed by atoms with Gasteiger partial charge in [-0.25, -0.2) is 0 Å². The molecule has 0 aliphatic heterocycles. The largest absolute Gasteiger partial charge is 0.271 e. The van der Waals surface area contributed by atoms with Gasteiger partial charge in [0.05, 0.1) is 0 Å². The van der Waals surface area contributed by atoms with Gasteiger partial charge in [-0.1, -0.05) is 40.0 Å². The minimum absolute atomic E-state index is 0.581. The fourth-order valence-corrected chi connectivity index (χ4v) is 4.86. The third-order valence-corrected chi connectivity index (χ3v) is 6.37. The zero-order valence-corrected chi connectivity index (χ0v) is 13.9. The molecule has 3 N–H and O–H groups in total. The molecule has 0 spiro atoms. The maximum absolute atomic E-state index is 5.97. The Kier molecular flexibility index (Phi) is 6.35. The van der Waals surface area contributed by atoms with Crippen molar-refractivity contribution < 1.29 is 0 Å². The molecule has 2 nitrogen and oxygen atoms in total. The molecule has 0 amide bonds. The van der Waals surface area contributed by atoms with Crippen LogP contribution in [0, 0.1) is 29.6 Å². The van der Waals surface area contributed by atoms with Gasteiger partial charge in [-0.3, -0.25) is 11.3 Å². The molecule has 0 aromatic rings. The number of hydrogen-bond donors (Lipinski definition) is 2. The second-order valence-electron chi connectivity index (χ2n) is 7.81. The topological polar surface area (TPSA) is 38.0 Å². The molecule has 0 heterocycles. The van der Waals surface area contributed by atoms with Crippen LogP contribution in [0.5, 0.6) is 0 Å². The van der Waals surface area contributed by atoms with E-state index in [0.29, 0.717) is 6.04 Å². The van der Waals surface area contributed by atoms with E-state index < -0.39 is 0 Å². The molecule has 118 valence electrons. The Morgan fingerprint density at radius 1 is 0.950 bits per heavy atom. The summed E-state index contributed by atoms with van der Waals surface area (Å²) in [5.74, 6) is 10.4. The molecule has 3 unspecified atom stereocenters. The van der Waals surface area contributed by atoms with Gasteiger partial charge in [-0.15, -0.1) is 0 Å². The molecule has 20 heavy (non-hydrogen) atoms. The Balaban J connectivity index is 1.88. The Hall–Kier alpha value is -0.0800. The van der Waals surface area contributed by atoms with Crippen LogP contribution in [-0.2, 0) is 0 Å². The second-order valence-corrected chi connectivity index (χ2v) is 7.81. The third kappa shape index (κ3) is 3.98. The standard InChI is InChI=1S/C18H36N2/c1-4-14-6-5-7-17(12-14)18(20-19)16-10-8-15(9-11-16)13(2)3/h13-18,20H,4-12,19H2,1-3H3. The quantitative estimate of drug-likeness (QED) is 0.575. The molecule has 2 rings (SSSR count). The molecule has 0 aromatic heterocycles. The molecule has 2 aliphatic rings. The van der Waals surface area contributed by atoms with Crippen molar-refractivity contribution in [1.29, 1.82) is 0 Å². The zero-order chi connectivity index (χ0) is 14.5. The van der Waals surface area contributed by atoms with E-state index in [1.165, 1.54) is 57.8 Å². The number of nitrogens with one attached hydrogen (secondary N) is 1. The summed E-state index contributed by atoms with van der Waals surface area (Å²) >= 11 is 0. The van der Waals surface area contributed by atoms with Gasteiger partial charge >= 0.3 is 0 Å². The molecule has 2 heteroatoms. The van der Waals surface area contributed by atoms with E-state index in [1.54, 1.807) is 0 Å². The maximum atomic E-state index is 5.97. The lowest BCUT2D eigenvalue weighted by molar-refractivity contribution is 0.122. The lowest BCUT2D eigenvalue weighted by Crippen LogP contribution is -2.48. The molecule has 2 saturated carbocycles. The summed E-state index contributed by atoms with van der Waals surface area (Å²) in [6.07, 6.45) is 12.7. The van der Waals surface area contributed by atoms with Crippen molar-refractivity contribution in [3.05, 3.63) is 0 Å². The Morgan fingerprint density at radius 3 is 2.15 bits per heavy atom. The number of hydrogen-bond acceptors (Lipinski definition) is 2. The summed E-state index contributed by atoms with van der Waals surface area (Å²) < 4.78 is 0. The first kappa shape index (κ1) is 16.3. The molecule has 3 atom stereocenters. The predicted molar refractivity (Wildman–Crippen MR) is 87.1 cm³/mol. The van der Waals surface area contributed by atoms with Crippen LogP contribution in [0.4, 0.5) is 0 Å². The lowest BCUT2D eigenvalue weighted by atomic mass is 9.68. The van der Waals surface area contributed by atoms with Crippen molar-refractivity contribution in [2.45, 2.75) is 84.6 Å². The highest BCUT2D eigenvalue weighted by Gasteiger charge is 2.34. The summed E-state index contributed by atoms with van der Waals surface area (Å²) in [5.41, 5.74) is 3.23. The summed E-state index contributed by atoms with van der Waals surface area (Å²) in [4.78, 5) is 0. The molecule has 0 bridgehead atoms. The van der Waals surface area contributed by atoms with E-state index in [9.17, 15) is 0 Å². The van der Waals surface area contributed by atoms with E-state index in [0.717, 1.165) is 29.6 Å². The van der Waals surface area contributed by atoms with Gasteiger partial charge in [0.1, 0.15) is 0 Å². The summed E-state index contributed by atoms with van der Waals surface area (Å²) in [6.45, 7) is 7.12. The lowest BCUT2D eigenvalue weighted by Gasteiger charge is -2.41. The minimum atomic E-state index is 0.581. The summed E-state index contributed by atoms with van der Waals surface area (Å²) in [5, 5.41) is 0. The van der Waals surface area contributed by atoms with E-state index in [4.69, 9.17) is 5.84 Å². The van der Waals surface area contributed by atoms with Crippen LogP contribution >= 0.6 is 0 Å². The minimum Gasteiger partial charge on any atom is -0.271 e. The van der Waals surface area contributed by atoms with Gasteiger partial charge in [0.25, 0.3) is 0 Å². The van der Waals surface area contributed by atoms with Crippen LogP contribution in [0.1, 0.15) is 78.6 Å². The van der Waals surface area contributed by atoms with Crippen LogP contribution in [0.2, 0.25) is 0 Å². The molecule has 0 aromatic carbocycles. The van der Waals surface area contributed by atoms with E-state index in [1.807, 2.05) is 0 Å². The van der Waals surface area contributed by atoms with Crippen molar-refractivity contribution in [3.63, 3.8) is 0 Å². The summed E-state index contributed by atoms with van der Waals surface area (Å²) in [7, 11) is 0. The van der Waals surface area contributed by atoms with E-state index in [-0.39, 0.29) is 0 Å². The number of rotatable bonds is 5. The Bertz CT molecular complexity index is 269. The molecule has 0 saturated heterocycles. The highest BCUT2D eigenvalue weighted by Crippen LogP contribution is 2.40. The van der Waals surface area contributed by atoms with E-state index >= 15 is 0 Å². The van der Waals surface area contributed by atoms with Gasteiger partial charge in [-0.05, 0) is 68.1 Å². The molecular weight excluding hydrogens is 244 g/mol. The first-order valence-corrected chi connectivity index (χ1v) is 9.11. The van der Waals surface area contributed by atoms with Gasteiger partial charge in [-0.2, -0.15) is 0 Å². The normalized spacial score (nSPS) is 37.0. The SMILES string of the molecule is CCC1CCCC(C(NN)C2CCC(C(C)C)CC2)C1. The number of nitrogens with two attached hydrogens (primary N) is 1. The van der Waals surface area contributed by atoms with Gasteiger partial charge < -0.3 is 0 Å². The van der Waals surface area contributed by atoms with Crippen molar-refractivity contribution >= 4 is 0 Å². The fraction of sp³-hybridized carbons (Fsp3) is 1.00. The van der Waals surface area contributed by atoms with Gasteiger partial charge in [0.15, 0.2) is 0 Å². The van der Waals surface area contributed by atoms with Gasteiger partial charge in [0.2, 0.25) is 0 Å². The smallest absolute Gasteiger partial charge is 0.0267 e. The first-order chi connectivity index (χ1) is 9.65.